The summed E-state index contributed by atoms with van der Waals surface area (Å²) in [4.78, 5) is 67.3. The maximum absolute atomic E-state index is 12.1. The molecule has 0 aliphatic heterocycles. The highest BCUT2D eigenvalue weighted by atomic mass is 35.5. The van der Waals surface area contributed by atoms with Crippen molar-refractivity contribution in [2.75, 3.05) is 13.1 Å². The fraction of sp³-hybridized carbons (Fsp3) is 0.286. The van der Waals surface area contributed by atoms with Crippen LogP contribution in [0.15, 0.2) is 121 Å². The Kier molecular flexibility index (Phi) is 23.2. The molecule has 0 fully saturated rings. The number of carboxylic acid groups (broad SMARTS) is 2. The first-order valence-electron chi connectivity index (χ1n) is 18.2. The lowest BCUT2D eigenvalue weighted by Crippen LogP contribution is -2.40. The Morgan fingerprint density at radius 1 is 0.561 bits per heavy atom. The molecule has 304 valence electrons. The van der Waals surface area contributed by atoms with Crippen molar-refractivity contribution in [1.29, 1.82) is 0 Å². The van der Waals surface area contributed by atoms with Crippen LogP contribution in [0.4, 0.5) is 9.59 Å². The van der Waals surface area contributed by atoms with Gasteiger partial charge in [0.05, 0.1) is 0 Å². The first-order valence-corrected chi connectivity index (χ1v) is 18.5. The Labute approximate surface area is 336 Å². The van der Waals surface area contributed by atoms with Crippen LogP contribution in [0, 0.1) is 0 Å². The number of hydrogen-bond acceptors (Lipinski definition) is 9. The standard InChI is InChI=1S/C21H24N2O5.C14H20N2O4.C7H5ClO/c24-19(17-11-5-2-6-12-17)23-18(20(25)26)13-7-8-14-22-21(27)28-15-16-9-3-1-4-10-16;15-12(13(17)18)8-4-5-9-16-14(19)20-10-11-6-2-1-3-7-11;8-7(9)6-4-2-1-3-5-6/h1-6,9-12,18H,7-8,13-15H2,(H,22,27)(H,23,24)(H,25,26);1-3,6-7,12H,4-5,8-10,15H2,(H,16,19)(H,17,18);1-5H/t18-;12-;/m00./s1. The van der Waals surface area contributed by atoms with E-state index < -0.39 is 47.4 Å². The number of halogens is 1. The molecular formula is C42H49ClN4O10. The van der Waals surface area contributed by atoms with Crippen LogP contribution in [0.3, 0.4) is 0 Å². The number of rotatable bonds is 19. The molecule has 2 atom stereocenters. The Morgan fingerprint density at radius 2 is 0.965 bits per heavy atom. The fourth-order valence-electron chi connectivity index (χ4n) is 4.67. The highest BCUT2D eigenvalue weighted by Crippen LogP contribution is 2.06. The van der Waals surface area contributed by atoms with Crippen LogP contribution in [-0.4, -0.2) is 70.7 Å². The van der Waals surface area contributed by atoms with Gasteiger partial charge in [0.15, 0.2) is 0 Å². The summed E-state index contributed by atoms with van der Waals surface area (Å²) < 4.78 is 10.1. The van der Waals surface area contributed by atoms with Crippen LogP contribution in [-0.2, 0) is 32.3 Å². The van der Waals surface area contributed by atoms with Gasteiger partial charge in [-0.05, 0) is 73.4 Å². The number of alkyl carbamates (subject to hydrolysis) is 2. The zero-order valence-corrected chi connectivity index (χ0v) is 32.1. The summed E-state index contributed by atoms with van der Waals surface area (Å²) >= 11 is 5.16. The van der Waals surface area contributed by atoms with Crippen molar-refractivity contribution in [2.24, 2.45) is 5.73 Å². The molecule has 4 aromatic carbocycles. The van der Waals surface area contributed by atoms with Crippen molar-refractivity contribution in [3.63, 3.8) is 0 Å². The van der Waals surface area contributed by atoms with Crippen molar-refractivity contribution in [3.8, 4) is 0 Å². The predicted octanol–water partition coefficient (Wildman–Crippen LogP) is 6.53. The molecule has 0 heterocycles. The SMILES string of the molecule is N[C@@H](CCCCNC(=O)OCc1ccccc1)C(=O)O.O=C(Cl)c1ccccc1.O=C(NCCCC[C@H](NC(=O)c1ccccc1)C(=O)O)OCc1ccccc1. The van der Waals surface area contributed by atoms with Gasteiger partial charge in [-0.25, -0.2) is 14.4 Å². The van der Waals surface area contributed by atoms with E-state index in [1.54, 1.807) is 54.6 Å². The van der Waals surface area contributed by atoms with E-state index in [-0.39, 0.29) is 19.6 Å². The summed E-state index contributed by atoms with van der Waals surface area (Å²) in [5.41, 5.74) is 8.14. The average Bonchev–Trinajstić information content (AvgIpc) is 3.23. The minimum Gasteiger partial charge on any atom is -0.480 e. The van der Waals surface area contributed by atoms with Crippen LogP contribution in [0.25, 0.3) is 0 Å². The lowest BCUT2D eigenvalue weighted by Gasteiger charge is -2.14. The number of nitrogens with one attached hydrogen (secondary N) is 3. The minimum atomic E-state index is -1.08. The number of carbonyl (C=O) groups excluding carboxylic acids is 4. The Morgan fingerprint density at radius 3 is 1.35 bits per heavy atom. The summed E-state index contributed by atoms with van der Waals surface area (Å²) in [6, 6.07) is 34.1. The molecule has 0 radical (unpaired) electrons. The van der Waals surface area contributed by atoms with E-state index in [9.17, 15) is 33.9 Å². The van der Waals surface area contributed by atoms with Gasteiger partial charge in [0, 0.05) is 24.2 Å². The quantitative estimate of drug-likeness (QED) is 0.0442. The van der Waals surface area contributed by atoms with E-state index in [0.29, 0.717) is 56.3 Å². The number of benzene rings is 4. The number of amides is 3. The van der Waals surface area contributed by atoms with Gasteiger partial charge in [0.1, 0.15) is 25.3 Å². The molecule has 0 bridgehead atoms. The van der Waals surface area contributed by atoms with Crippen molar-refractivity contribution in [1.82, 2.24) is 16.0 Å². The van der Waals surface area contributed by atoms with Crippen molar-refractivity contribution < 1.29 is 48.5 Å². The zero-order valence-electron chi connectivity index (χ0n) is 31.4. The minimum absolute atomic E-state index is 0.194. The van der Waals surface area contributed by atoms with Crippen LogP contribution in [0.2, 0.25) is 0 Å². The van der Waals surface area contributed by atoms with E-state index in [0.717, 1.165) is 11.1 Å². The summed E-state index contributed by atoms with van der Waals surface area (Å²) in [5, 5.41) is 25.2. The normalized spacial score (nSPS) is 11.1. The third-order valence-electron chi connectivity index (χ3n) is 7.78. The molecule has 4 aromatic rings. The van der Waals surface area contributed by atoms with E-state index in [1.165, 1.54) is 0 Å². The Balaban J connectivity index is 0.000000334. The van der Waals surface area contributed by atoms with E-state index >= 15 is 0 Å². The third kappa shape index (κ3) is 22.0. The van der Waals surface area contributed by atoms with Crippen LogP contribution in [0.5, 0.6) is 0 Å². The second-order valence-corrected chi connectivity index (χ2v) is 12.6. The van der Waals surface area contributed by atoms with Gasteiger partial charge < -0.3 is 41.4 Å². The molecule has 4 rings (SSSR count). The molecular weight excluding hydrogens is 756 g/mol. The number of ether oxygens (including phenoxy) is 2. The van der Waals surface area contributed by atoms with Gasteiger partial charge in [0.2, 0.25) is 0 Å². The maximum Gasteiger partial charge on any atom is 0.407 e. The van der Waals surface area contributed by atoms with Gasteiger partial charge in [-0.1, -0.05) is 109 Å². The molecule has 0 saturated heterocycles. The Bertz CT molecular complexity index is 1790. The van der Waals surface area contributed by atoms with Crippen molar-refractivity contribution in [3.05, 3.63) is 144 Å². The first kappa shape index (κ1) is 46.9. The summed E-state index contributed by atoms with van der Waals surface area (Å²) in [7, 11) is 0. The molecule has 57 heavy (non-hydrogen) atoms. The topological polar surface area (TPSA) is 223 Å². The molecule has 0 aliphatic carbocycles. The number of carbonyl (C=O) groups is 6. The highest BCUT2D eigenvalue weighted by Gasteiger charge is 2.20. The number of carboxylic acids is 2. The summed E-state index contributed by atoms with van der Waals surface area (Å²) in [6.07, 6.45) is 2.10. The van der Waals surface area contributed by atoms with Crippen molar-refractivity contribution in [2.45, 2.75) is 63.8 Å². The molecule has 0 aliphatic rings. The Hall–Kier alpha value is -6.25. The van der Waals surface area contributed by atoms with Crippen LogP contribution < -0.4 is 21.7 Å². The smallest absolute Gasteiger partial charge is 0.407 e. The second kappa shape index (κ2) is 28.2. The monoisotopic (exact) mass is 804 g/mol. The van der Waals surface area contributed by atoms with Gasteiger partial charge in [-0.3, -0.25) is 14.4 Å². The lowest BCUT2D eigenvalue weighted by atomic mass is 10.1. The molecule has 15 heteroatoms. The predicted molar refractivity (Wildman–Crippen MR) is 215 cm³/mol. The lowest BCUT2D eigenvalue weighted by molar-refractivity contribution is -0.140. The van der Waals surface area contributed by atoms with E-state index in [2.05, 4.69) is 16.0 Å². The van der Waals surface area contributed by atoms with E-state index in [1.807, 2.05) is 66.7 Å². The summed E-state index contributed by atoms with van der Waals surface area (Å²) in [5.74, 6) is -2.50. The molecule has 3 amide bonds. The van der Waals surface area contributed by atoms with Crippen LogP contribution in [0.1, 0.15) is 70.4 Å². The zero-order chi connectivity index (χ0) is 41.7. The van der Waals surface area contributed by atoms with Gasteiger partial charge >= 0.3 is 24.1 Å². The molecule has 14 nitrogen and oxygen atoms in total. The number of unbranched alkanes of at least 4 members (excludes halogenated alkanes) is 2. The summed E-state index contributed by atoms with van der Waals surface area (Å²) in [6.45, 7) is 1.24. The number of aliphatic carboxylic acids is 2. The number of nitrogens with two attached hydrogens (primary N) is 1. The molecule has 0 spiro atoms. The largest absolute Gasteiger partial charge is 0.480 e. The molecule has 0 aromatic heterocycles. The second-order valence-electron chi connectivity index (χ2n) is 12.3. The van der Waals surface area contributed by atoms with Gasteiger partial charge in [-0.2, -0.15) is 0 Å². The van der Waals surface area contributed by atoms with E-state index in [4.69, 9.17) is 31.9 Å². The van der Waals surface area contributed by atoms with Crippen LogP contribution >= 0.6 is 11.6 Å². The molecule has 0 unspecified atom stereocenters. The molecule has 7 N–H and O–H groups in total. The highest BCUT2D eigenvalue weighted by molar-refractivity contribution is 6.67. The molecule has 0 saturated carbocycles. The average molecular weight is 805 g/mol. The fourth-order valence-corrected chi connectivity index (χ4v) is 4.80. The third-order valence-corrected chi connectivity index (χ3v) is 8.00. The number of hydrogen-bond donors (Lipinski definition) is 6. The maximum atomic E-state index is 12.1. The van der Waals surface area contributed by atoms with Crippen molar-refractivity contribution >= 4 is 46.9 Å². The van der Waals surface area contributed by atoms with Gasteiger partial charge in [0.25, 0.3) is 11.1 Å². The van der Waals surface area contributed by atoms with Gasteiger partial charge in [-0.15, -0.1) is 0 Å². The first-order chi connectivity index (χ1) is 27.5.